The molecule has 2 atom stereocenters. The summed E-state index contributed by atoms with van der Waals surface area (Å²) < 4.78 is 5.30. The Morgan fingerprint density at radius 1 is 1.35 bits per heavy atom. The predicted molar refractivity (Wildman–Crippen MR) is 70.1 cm³/mol. The lowest BCUT2D eigenvalue weighted by molar-refractivity contribution is 0.0836. The van der Waals surface area contributed by atoms with Gasteiger partial charge in [-0.3, -0.25) is 0 Å². The molecule has 1 aromatic rings. The Kier molecular flexibility index (Phi) is 4.97. The summed E-state index contributed by atoms with van der Waals surface area (Å²) >= 11 is 0. The van der Waals surface area contributed by atoms with Crippen molar-refractivity contribution in [2.75, 3.05) is 13.7 Å². The fraction of sp³-hybridized carbons (Fsp3) is 0.571. The molecule has 0 aliphatic carbocycles. The van der Waals surface area contributed by atoms with Gasteiger partial charge in [0.15, 0.2) is 0 Å². The van der Waals surface area contributed by atoms with E-state index in [0.29, 0.717) is 12.5 Å². The van der Waals surface area contributed by atoms with Gasteiger partial charge in [-0.25, -0.2) is 0 Å². The zero-order valence-electron chi connectivity index (χ0n) is 11.1. The molecule has 17 heavy (non-hydrogen) atoms. The molecule has 0 saturated carbocycles. The Balaban J connectivity index is 3.08. The molecule has 3 N–H and O–H groups in total. The van der Waals surface area contributed by atoms with Gasteiger partial charge in [-0.2, -0.15) is 0 Å². The smallest absolute Gasteiger partial charge is 0.124 e. The second-order valence-electron chi connectivity index (χ2n) is 4.83. The number of hydrogen-bond donors (Lipinski definition) is 2. The van der Waals surface area contributed by atoms with Crippen molar-refractivity contribution in [3.63, 3.8) is 0 Å². The summed E-state index contributed by atoms with van der Waals surface area (Å²) in [5, 5.41) is 10.4. The van der Waals surface area contributed by atoms with Gasteiger partial charge < -0.3 is 15.6 Å². The first-order valence-corrected chi connectivity index (χ1v) is 6.04. The Hall–Kier alpha value is -1.06. The minimum absolute atomic E-state index is 0.0469. The molecular formula is C14H23NO2. The normalized spacial score (nSPS) is 14.8. The minimum Gasteiger partial charge on any atom is -0.496 e. The molecule has 1 rings (SSSR count). The first-order chi connectivity index (χ1) is 8.01. The molecule has 1 aromatic carbocycles. The van der Waals surface area contributed by atoms with Crippen LogP contribution in [0.5, 0.6) is 5.75 Å². The van der Waals surface area contributed by atoms with Gasteiger partial charge >= 0.3 is 0 Å². The molecule has 0 fully saturated rings. The van der Waals surface area contributed by atoms with E-state index in [2.05, 4.69) is 13.8 Å². The van der Waals surface area contributed by atoms with E-state index in [1.807, 2.05) is 25.1 Å². The number of aliphatic hydroxyl groups excluding tert-OH is 1. The largest absolute Gasteiger partial charge is 0.496 e. The predicted octanol–water partition coefficient (Wildman–Crippen LogP) is 2.27. The summed E-state index contributed by atoms with van der Waals surface area (Å²) in [6.45, 7) is 6.62. The van der Waals surface area contributed by atoms with Crippen molar-refractivity contribution >= 4 is 0 Å². The second kappa shape index (κ2) is 6.03. The maximum atomic E-state index is 10.4. The van der Waals surface area contributed by atoms with E-state index >= 15 is 0 Å². The van der Waals surface area contributed by atoms with Crippen LogP contribution in [0.25, 0.3) is 0 Å². The zero-order chi connectivity index (χ0) is 13.0. The molecule has 3 heteroatoms. The van der Waals surface area contributed by atoms with E-state index in [9.17, 15) is 5.11 Å². The number of methoxy groups -OCH3 is 1. The lowest BCUT2D eigenvalue weighted by Crippen LogP contribution is -2.27. The van der Waals surface area contributed by atoms with Crippen LogP contribution in [0.15, 0.2) is 18.2 Å². The third kappa shape index (κ3) is 3.20. The van der Waals surface area contributed by atoms with Crippen molar-refractivity contribution in [2.45, 2.75) is 26.9 Å². The van der Waals surface area contributed by atoms with Crippen LogP contribution in [0.4, 0.5) is 0 Å². The summed E-state index contributed by atoms with van der Waals surface area (Å²) in [6.07, 6.45) is -0.574. The molecule has 0 amide bonds. The van der Waals surface area contributed by atoms with Gasteiger partial charge in [-0.1, -0.05) is 25.5 Å². The van der Waals surface area contributed by atoms with Gasteiger partial charge in [-0.15, -0.1) is 0 Å². The monoisotopic (exact) mass is 237 g/mol. The lowest BCUT2D eigenvalue weighted by atomic mass is 9.86. The fourth-order valence-corrected chi connectivity index (χ4v) is 2.08. The minimum atomic E-state index is -0.574. The molecule has 96 valence electrons. The molecule has 0 saturated heterocycles. The van der Waals surface area contributed by atoms with E-state index in [1.165, 1.54) is 0 Å². The topological polar surface area (TPSA) is 55.5 Å². The average Bonchev–Trinajstić information content (AvgIpc) is 2.29. The summed E-state index contributed by atoms with van der Waals surface area (Å²) in [5.41, 5.74) is 7.68. The Morgan fingerprint density at radius 2 is 2.00 bits per heavy atom. The fourth-order valence-electron chi connectivity index (χ4n) is 2.08. The first kappa shape index (κ1) is 14.0. The number of rotatable bonds is 5. The summed E-state index contributed by atoms with van der Waals surface area (Å²) in [6, 6.07) is 5.83. The third-order valence-electron chi connectivity index (χ3n) is 3.24. The third-order valence-corrected chi connectivity index (χ3v) is 3.24. The van der Waals surface area contributed by atoms with Crippen molar-refractivity contribution in [2.24, 2.45) is 17.6 Å². The molecule has 0 heterocycles. The standard InChI is InChI=1S/C14H23NO2/c1-9(2)12(8-15)14(16)11-7-10(3)5-6-13(11)17-4/h5-7,9,12,14,16H,8,15H2,1-4H3. The van der Waals surface area contributed by atoms with Crippen LogP contribution in [-0.4, -0.2) is 18.8 Å². The molecule has 2 unspecified atom stereocenters. The SMILES string of the molecule is COc1ccc(C)cc1C(O)C(CN)C(C)C. The highest BCUT2D eigenvalue weighted by Crippen LogP contribution is 2.33. The van der Waals surface area contributed by atoms with Crippen LogP contribution in [0.3, 0.4) is 0 Å². The van der Waals surface area contributed by atoms with Crippen molar-refractivity contribution in [1.29, 1.82) is 0 Å². The van der Waals surface area contributed by atoms with Crippen LogP contribution in [-0.2, 0) is 0 Å². The van der Waals surface area contributed by atoms with Gasteiger partial charge in [-0.05, 0) is 31.5 Å². The van der Waals surface area contributed by atoms with Gasteiger partial charge in [0.1, 0.15) is 5.75 Å². The number of ether oxygens (including phenoxy) is 1. The Bertz CT molecular complexity index is 363. The summed E-state index contributed by atoms with van der Waals surface area (Å²) in [4.78, 5) is 0. The molecular weight excluding hydrogens is 214 g/mol. The van der Waals surface area contributed by atoms with Crippen LogP contribution in [0.1, 0.15) is 31.1 Å². The summed E-state index contributed by atoms with van der Waals surface area (Å²) in [5.74, 6) is 1.10. The number of hydrogen-bond acceptors (Lipinski definition) is 3. The van der Waals surface area contributed by atoms with Gasteiger partial charge in [0.05, 0.1) is 13.2 Å². The average molecular weight is 237 g/mol. The lowest BCUT2D eigenvalue weighted by Gasteiger charge is -2.26. The van der Waals surface area contributed by atoms with E-state index in [-0.39, 0.29) is 5.92 Å². The summed E-state index contributed by atoms with van der Waals surface area (Å²) in [7, 11) is 1.62. The molecule has 0 bridgehead atoms. The van der Waals surface area contributed by atoms with Crippen molar-refractivity contribution in [1.82, 2.24) is 0 Å². The molecule has 0 radical (unpaired) electrons. The number of aliphatic hydroxyl groups is 1. The molecule has 0 aliphatic rings. The zero-order valence-corrected chi connectivity index (χ0v) is 11.1. The number of benzene rings is 1. The van der Waals surface area contributed by atoms with Crippen molar-refractivity contribution in [3.05, 3.63) is 29.3 Å². The molecule has 0 aromatic heterocycles. The molecule has 3 nitrogen and oxygen atoms in total. The maximum absolute atomic E-state index is 10.4. The van der Waals surface area contributed by atoms with Crippen LogP contribution >= 0.6 is 0 Å². The Labute approximate surface area is 104 Å². The van der Waals surface area contributed by atoms with E-state index in [4.69, 9.17) is 10.5 Å². The van der Waals surface area contributed by atoms with Gasteiger partial charge in [0.25, 0.3) is 0 Å². The highest BCUT2D eigenvalue weighted by atomic mass is 16.5. The van der Waals surface area contributed by atoms with Crippen LogP contribution in [0.2, 0.25) is 0 Å². The maximum Gasteiger partial charge on any atom is 0.124 e. The number of aryl methyl sites for hydroxylation is 1. The highest BCUT2D eigenvalue weighted by Gasteiger charge is 2.25. The first-order valence-electron chi connectivity index (χ1n) is 6.04. The molecule has 0 spiro atoms. The van der Waals surface area contributed by atoms with Crippen LogP contribution < -0.4 is 10.5 Å². The Morgan fingerprint density at radius 3 is 2.47 bits per heavy atom. The van der Waals surface area contributed by atoms with Crippen LogP contribution in [0, 0.1) is 18.8 Å². The number of nitrogens with two attached hydrogens (primary N) is 1. The highest BCUT2D eigenvalue weighted by molar-refractivity contribution is 5.38. The van der Waals surface area contributed by atoms with Crippen molar-refractivity contribution in [3.8, 4) is 5.75 Å². The molecule has 0 aliphatic heterocycles. The van der Waals surface area contributed by atoms with E-state index in [1.54, 1.807) is 7.11 Å². The second-order valence-corrected chi connectivity index (χ2v) is 4.83. The van der Waals surface area contributed by atoms with E-state index < -0.39 is 6.10 Å². The van der Waals surface area contributed by atoms with Crippen molar-refractivity contribution < 1.29 is 9.84 Å². The van der Waals surface area contributed by atoms with Gasteiger partial charge in [0.2, 0.25) is 0 Å². The van der Waals surface area contributed by atoms with E-state index in [0.717, 1.165) is 16.9 Å². The quantitative estimate of drug-likeness (QED) is 0.826. The van der Waals surface area contributed by atoms with Gasteiger partial charge in [0, 0.05) is 11.5 Å².